The molecule has 2 aromatic rings. The van der Waals surface area contributed by atoms with Gasteiger partial charge in [0.2, 0.25) is 0 Å². The summed E-state index contributed by atoms with van der Waals surface area (Å²) in [5, 5.41) is 12.4. The second kappa shape index (κ2) is 5.22. The molecule has 1 aromatic heterocycles. The van der Waals surface area contributed by atoms with E-state index in [1.54, 1.807) is 6.07 Å². The van der Waals surface area contributed by atoms with Gasteiger partial charge in [0, 0.05) is 6.04 Å². The van der Waals surface area contributed by atoms with Crippen molar-refractivity contribution in [1.82, 2.24) is 4.98 Å². The Hall–Kier alpha value is -2.54. The van der Waals surface area contributed by atoms with Crippen molar-refractivity contribution in [3.05, 3.63) is 53.2 Å². The van der Waals surface area contributed by atoms with E-state index in [1.165, 1.54) is 11.1 Å². The first-order chi connectivity index (χ1) is 9.76. The number of nitrogen functional groups attached to an aromatic ring is 1. The molecule has 100 valence electrons. The van der Waals surface area contributed by atoms with Gasteiger partial charge in [0.25, 0.3) is 0 Å². The van der Waals surface area contributed by atoms with Gasteiger partial charge in [-0.3, -0.25) is 0 Å². The van der Waals surface area contributed by atoms with Crippen LogP contribution >= 0.6 is 0 Å². The van der Waals surface area contributed by atoms with Crippen molar-refractivity contribution >= 4 is 11.5 Å². The van der Waals surface area contributed by atoms with Crippen LogP contribution in [0.1, 0.15) is 23.2 Å². The molecule has 0 fully saturated rings. The molecule has 0 saturated heterocycles. The summed E-state index contributed by atoms with van der Waals surface area (Å²) in [5.41, 5.74) is 9.22. The lowest BCUT2D eigenvalue weighted by molar-refractivity contribution is 0.609. The van der Waals surface area contributed by atoms with Crippen LogP contribution in [0.25, 0.3) is 0 Å². The molecule has 4 nitrogen and oxygen atoms in total. The molecule has 0 spiro atoms. The number of hydrogen-bond acceptors (Lipinski definition) is 4. The van der Waals surface area contributed by atoms with Crippen molar-refractivity contribution < 1.29 is 0 Å². The average Bonchev–Trinajstić information content (AvgIpc) is 2.49. The first kappa shape index (κ1) is 12.5. The van der Waals surface area contributed by atoms with Crippen LogP contribution in [0.3, 0.4) is 0 Å². The van der Waals surface area contributed by atoms with Gasteiger partial charge in [0.05, 0.1) is 5.69 Å². The van der Waals surface area contributed by atoms with E-state index in [4.69, 9.17) is 11.0 Å². The fourth-order valence-electron chi connectivity index (χ4n) is 2.67. The molecular weight excluding hydrogens is 248 g/mol. The number of nitriles is 1. The van der Waals surface area contributed by atoms with Crippen LogP contribution in [-0.4, -0.2) is 11.0 Å². The monoisotopic (exact) mass is 264 g/mol. The molecule has 1 aliphatic rings. The van der Waals surface area contributed by atoms with Crippen LogP contribution in [0.5, 0.6) is 0 Å². The van der Waals surface area contributed by atoms with E-state index in [9.17, 15) is 0 Å². The zero-order valence-corrected chi connectivity index (χ0v) is 11.1. The summed E-state index contributed by atoms with van der Waals surface area (Å²) in [6.45, 7) is 0. The van der Waals surface area contributed by atoms with Crippen LogP contribution in [0.4, 0.5) is 11.5 Å². The number of fused-ring (bicyclic) bond motifs is 1. The summed E-state index contributed by atoms with van der Waals surface area (Å²) < 4.78 is 0. The molecular formula is C16H16N4. The van der Waals surface area contributed by atoms with Gasteiger partial charge >= 0.3 is 0 Å². The number of benzene rings is 1. The lowest BCUT2D eigenvalue weighted by atomic mass is 9.88. The van der Waals surface area contributed by atoms with E-state index in [-0.39, 0.29) is 5.69 Å². The molecule has 0 aliphatic heterocycles. The summed E-state index contributed by atoms with van der Waals surface area (Å²) in [6, 6.07) is 14.5. The molecule has 3 N–H and O–H groups in total. The van der Waals surface area contributed by atoms with Crippen LogP contribution in [0.2, 0.25) is 0 Å². The summed E-state index contributed by atoms with van der Waals surface area (Å²) >= 11 is 0. The highest BCUT2D eigenvalue weighted by atomic mass is 15.0. The number of nitrogens with two attached hydrogens (primary N) is 1. The predicted octanol–water partition coefficient (Wildman–Crippen LogP) is 2.50. The second-order valence-electron chi connectivity index (χ2n) is 5.10. The van der Waals surface area contributed by atoms with Crippen molar-refractivity contribution in [2.75, 3.05) is 11.1 Å². The maximum atomic E-state index is 8.96. The quantitative estimate of drug-likeness (QED) is 0.874. The Labute approximate surface area is 118 Å². The summed E-state index contributed by atoms with van der Waals surface area (Å²) in [6.07, 6.45) is 3.14. The molecule has 1 unspecified atom stereocenters. The Morgan fingerprint density at radius 3 is 2.80 bits per heavy atom. The molecule has 0 saturated carbocycles. The number of rotatable bonds is 2. The average molecular weight is 264 g/mol. The molecule has 3 rings (SSSR count). The number of hydrogen-bond donors (Lipinski definition) is 2. The Morgan fingerprint density at radius 2 is 2.00 bits per heavy atom. The zero-order valence-electron chi connectivity index (χ0n) is 11.1. The minimum absolute atomic E-state index is 0.284. The van der Waals surface area contributed by atoms with Gasteiger partial charge in [-0.1, -0.05) is 24.3 Å². The third-order valence-corrected chi connectivity index (χ3v) is 3.73. The molecule has 1 aliphatic carbocycles. The maximum absolute atomic E-state index is 8.96. The summed E-state index contributed by atoms with van der Waals surface area (Å²) in [5.74, 6) is 0.722. The third-order valence-electron chi connectivity index (χ3n) is 3.73. The van der Waals surface area contributed by atoms with Crippen molar-refractivity contribution in [2.45, 2.75) is 25.3 Å². The Balaban J connectivity index is 1.75. The normalized spacial score (nSPS) is 17.1. The highest BCUT2D eigenvalue weighted by molar-refractivity contribution is 5.55. The first-order valence-electron chi connectivity index (χ1n) is 6.76. The zero-order chi connectivity index (χ0) is 13.9. The highest BCUT2D eigenvalue weighted by Gasteiger charge is 2.18. The first-order valence-corrected chi connectivity index (χ1v) is 6.76. The van der Waals surface area contributed by atoms with E-state index in [0.29, 0.717) is 11.7 Å². The minimum atomic E-state index is 0.284. The lowest BCUT2D eigenvalue weighted by Crippen LogP contribution is -2.27. The van der Waals surface area contributed by atoms with Crippen molar-refractivity contribution in [2.24, 2.45) is 0 Å². The Kier molecular flexibility index (Phi) is 3.26. The number of aryl methyl sites for hydroxylation is 1. The van der Waals surface area contributed by atoms with Crippen LogP contribution in [0, 0.1) is 11.3 Å². The number of nitrogens with one attached hydrogen (secondary N) is 1. The lowest BCUT2D eigenvalue weighted by Gasteiger charge is -2.26. The summed E-state index contributed by atoms with van der Waals surface area (Å²) in [7, 11) is 0. The molecule has 20 heavy (non-hydrogen) atoms. The van der Waals surface area contributed by atoms with E-state index < -0.39 is 0 Å². The third kappa shape index (κ3) is 2.43. The number of nitrogens with zero attached hydrogens (tertiary/aromatic N) is 2. The minimum Gasteiger partial charge on any atom is -0.396 e. The topological polar surface area (TPSA) is 74.7 Å². The number of aromatic nitrogens is 1. The van der Waals surface area contributed by atoms with Crippen LogP contribution in [-0.2, 0) is 12.8 Å². The molecule has 1 atom stereocenters. The largest absolute Gasteiger partial charge is 0.396 e. The molecule has 1 heterocycles. The van der Waals surface area contributed by atoms with Gasteiger partial charge in [-0.05, 0) is 42.5 Å². The molecule has 1 aromatic carbocycles. The standard InChI is InChI=1S/C16H16N4/c17-10-15-14(18)7-8-16(20-15)19-13-6-5-11-3-1-2-4-12(11)9-13/h1-4,7-8,13H,5-6,9,18H2,(H,19,20). The number of pyridine rings is 1. The van der Waals surface area contributed by atoms with Gasteiger partial charge in [-0.25, -0.2) is 4.98 Å². The van der Waals surface area contributed by atoms with Gasteiger partial charge in [0.1, 0.15) is 11.9 Å². The fraction of sp³-hybridized carbons (Fsp3) is 0.250. The molecule has 4 heteroatoms. The van der Waals surface area contributed by atoms with E-state index >= 15 is 0 Å². The Morgan fingerprint density at radius 1 is 1.20 bits per heavy atom. The summed E-state index contributed by atoms with van der Waals surface area (Å²) in [4.78, 5) is 4.24. The molecule has 0 amide bonds. The van der Waals surface area contributed by atoms with Crippen molar-refractivity contribution in [3.8, 4) is 6.07 Å². The maximum Gasteiger partial charge on any atom is 0.165 e. The van der Waals surface area contributed by atoms with E-state index in [0.717, 1.165) is 25.1 Å². The fourth-order valence-corrected chi connectivity index (χ4v) is 2.67. The van der Waals surface area contributed by atoms with E-state index in [1.807, 2.05) is 12.1 Å². The van der Waals surface area contributed by atoms with Crippen LogP contribution in [0.15, 0.2) is 36.4 Å². The van der Waals surface area contributed by atoms with Crippen LogP contribution < -0.4 is 11.1 Å². The second-order valence-corrected chi connectivity index (χ2v) is 5.10. The van der Waals surface area contributed by atoms with E-state index in [2.05, 4.69) is 34.6 Å². The smallest absolute Gasteiger partial charge is 0.165 e. The van der Waals surface area contributed by atoms with Crippen molar-refractivity contribution in [3.63, 3.8) is 0 Å². The van der Waals surface area contributed by atoms with Crippen molar-refractivity contribution in [1.29, 1.82) is 5.26 Å². The number of anilines is 2. The Bertz CT molecular complexity index is 672. The SMILES string of the molecule is N#Cc1nc(NC2CCc3ccccc3C2)ccc1N. The van der Waals surface area contributed by atoms with Gasteiger partial charge < -0.3 is 11.1 Å². The highest BCUT2D eigenvalue weighted by Crippen LogP contribution is 2.23. The van der Waals surface area contributed by atoms with Gasteiger partial charge in [-0.15, -0.1) is 0 Å². The predicted molar refractivity (Wildman–Crippen MR) is 79.2 cm³/mol. The van der Waals surface area contributed by atoms with Gasteiger partial charge in [-0.2, -0.15) is 5.26 Å². The molecule has 0 bridgehead atoms. The molecule has 0 radical (unpaired) electrons. The van der Waals surface area contributed by atoms with Gasteiger partial charge in [0.15, 0.2) is 5.69 Å².